The van der Waals surface area contributed by atoms with Gasteiger partial charge < -0.3 is 5.73 Å². The molecule has 0 heterocycles. The molecule has 2 nitrogen and oxygen atoms in total. The molecule has 1 aliphatic rings. The lowest BCUT2D eigenvalue weighted by atomic mass is 10.0. The molecule has 1 rings (SSSR count). The predicted molar refractivity (Wildman–Crippen MR) is 39.7 cm³/mol. The van der Waals surface area contributed by atoms with Gasteiger partial charge in [-0.3, -0.25) is 4.21 Å². The lowest BCUT2D eigenvalue weighted by molar-refractivity contribution is 0.505. The molecule has 1 fully saturated rings. The van der Waals surface area contributed by atoms with Crippen LogP contribution in [-0.4, -0.2) is 21.8 Å². The number of hydrogen-bond acceptors (Lipinski definition) is 2. The van der Waals surface area contributed by atoms with Crippen LogP contribution >= 0.6 is 0 Å². The predicted octanol–water partition coefficient (Wildman–Crippen LogP) is 0.246. The van der Waals surface area contributed by atoms with Gasteiger partial charge in [0.15, 0.2) is 0 Å². The molecule has 0 aliphatic heterocycles. The van der Waals surface area contributed by atoms with Crippen LogP contribution in [0, 0.1) is 0 Å². The Kier molecular flexibility index (Phi) is 2.66. The maximum Gasteiger partial charge on any atom is 0.0360 e. The van der Waals surface area contributed by atoms with Crippen molar-refractivity contribution >= 4 is 10.8 Å². The summed E-state index contributed by atoms with van der Waals surface area (Å²) >= 11 is 0. The van der Waals surface area contributed by atoms with Gasteiger partial charge in [-0.1, -0.05) is 6.42 Å². The first-order valence-electron chi connectivity index (χ1n) is 3.42. The van der Waals surface area contributed by atoms with Gasteiger partial charge in [0.25, 0.3) is 0 Å². The van der Waals surface area contributed by atoms with E-state index in [-0.39, 0.29) is 0 Å². The summed E-state index contributed by atoms with van der Waals surface area (Å²) in [6, 6.07) is 0. The molecular formula is C6H13NOS. The normalized spacial score (nSPS) is 23.2. The fraction of sp³-hybridized carbons (Fsp3) is 1.00. The first-order valence-corrected chi connectivity index (χ1v) is 4.80. The third-order valence-corrected chi connectivity index (χ3v) is 3.60. The number of hydrogen-bond donors (Lipinski definition) is 1. The zero-order chi connectivity index (χ0) is 6.69. The molecular weight excluding hydrogens is 134 g/mol. The number of nitrogens with two attached hydrogens (primary N) is 1. The van der Waals surface area contributed by atoms with E-state index in [1.54, 1.807) is 0 Å². The molecule has 0 aromatic rings. The standard InChI is InChI=1S/C6H13NOS/c7-4-5-9(8)6-2-1-3-6/h6H,1-5,7H2. The SMILES string of the molecule is NCCS(=O)C1CCC1. The average molecular weight is 147 g/mol. The van der Waals surface area contributed by atoms with Crippen molar-refractivity contribution in [1.82, 2.24) is 0 Å². The first-order chi connectivity index (χ1) is 4.34. The lowest BCUT2D eigenvalue weighted by Crippen LogP contribution is -2.27. The monoisotopic (exact) mass is 147 g/mol. The summed E-state index contributed by atoms with van der Waals surface area (Å²) < 4.78 is 11.1. The van der Waals surface area contributed by atoms with Crippen molar-refractivity contribution in [2.45, 2.75) is 24.5 Å². The molecule has 0 saturated heterocycles. The minimum absolute atomic E-state index is 0.494. The van der Waals surface area contributed by atoms with Crippen LogP contribution in [0.1, 0.15) is 19.3 Å². The minimum Gasteiger partial charge on any atom is -0.330 e. The van der Waals surface area contributed by atoms with Gasteiger partial charge in [-0.15, -0.1) is 0 Å². The van der Waals surface area contributed by atoms with Crippen molar-refractivity contribution in [2.24, 2.45) is 5.73 Å². The Hall–Kier alpha value is 0.110. The molecule has 3 heteroatoms. The molecule has 0 amide bonds. The Balaban J connectivity index is 2.16. The van der Waals surface area contributed by atoms with Gasteiger partial charge in [0.2, 0.25) is 0 Å². The zero-order valence-corrected chi connectivity index (χ0v) is 6.32. The van der Waals surface area contributed by atoms with Gasteiger partial charge in [-0.25, -0.2) is 0 Å². The molecule has 9 heavy (non-hydrogen) atoms. The van der Waals surface area contributed by atoms with Crippen molar-refractivity contribution in [2.75, 3.05) is 12.3 Å². The Bertz CT molecular complexity index is 112. The summed E-state index contributed by atoms with van der Waals surface area (Å²) in [4.78, 5) is 0. The molecule has 0 radical (unpaired) electrons. The lowest BCUT2D eigenvalue weighted by Gasteiger charge is -2.23. The summed E-state index contributed by atoms with van der Waals surface area (Å²) in [6.07, 6.45) is 3.58. The van der Waals surface area contributed by atoms with E-state index in [9.17, 15) is 4.21 Å². The van der Waals surface area contributed by atoms with Crippen LogP contribution in [-0.2, 0) is 10.8 Å². The fourth-order valence-corrected chi connectivity index (χ4v) is 2.34. The van der Waals surface area contributed by atoms with E-state index in [2.05, 4.69) is 0 Å². The highest BCUT2D eigenvalue weighted by Gasteiger charge is 2.22. The minimum atomic E-state index is -0.603. The van der Waals surface area contributed by atoms with Gasteiger partial charge in [0, 0.05) is 28.3 Å². The van der Waals surface area contributed by atoms with Crippen LogP contribution < -0.4 is 5.73 Å². The molecule has 2 N–H and O–H groups in total. The third kappa shape index (κ3) is 1.76. The molecule has 1 aliphatic carbocycles. The van der Waals surface area contributed by atoms with Crippen molar-refractivity contribution in [3.8, 4) is 0 Å². The maximum absolute atomic E-state index is 11.1. The van der Waals surface area contributed by atoms with E-state index < -0.39 is 10.8 Å². The highest BCUT2D eigenvalue weighted by atomic mass is 32.2. The van der Waals surface area contributed by atoms with Gasteiger partial charge in [0.05, 0.1) is 0 Å². The van der Waals surface area contributed by atoms with Crippen LogP contribution in [0.25, 0.3) is 0 Å². The average Bonchev–Trinajstić information content (AvgIpc) is 1.60. The molecule has 1 atom stereocenters. The summed E-state index contributed by atoms with van der Waals surface area (Å²) in [5.74, 6) is 0.699. The van der Waals surface area contributed by atoms with Crippen LogP contribution in [0.4, 0.5) is 0 Å². The van der Waals surface area contributed by atoms with E-state index >= 15 is 0 Å². The molecule has 1 unspecified atom stereocenters. The molecule has 0 aromatic heterocycles. The van der Waals surface area contributed by atoms with E-state index in [4.69, 9.17) is 5.73 Å². The second-order valence-electron chi connectivity index (χ2n) is 2.43. The molecule has 54 valence electrons. The molecule has 1 saturated carbocycles. The van der Waals surface area contributed by atoms with Gasteiger partial charge >= 0.3 is 0 Å². The van der Waals surface area contributed by atoms with Crippen LogP contribution in [0.3, 0.4) is 0 Å². The van der Waals surface area contributed by atoms with Crippen molar-refractivity contribution in [3.63, 3.8) is 0 Å². The molecule has 0 aromatic carbocycles. The number of rotatable bonds is 3. The Labute approximate surface area is 58.3 Å². The summed E-state index contributed by atoms with van der Waals surface area (Å²) in [7, 11) is -0.603. The Morgan fingerprint density at radius 3 is 2.56 bits per heavy atom. The van der Waals surface area contributed by atoms with E-state index in [1.807, 2.05) is 0 Å². The van der Waals surface area contributed by atoms with Crippen LogP contribution in [0.2, 0.25) is 0 Å². The summed E-state index contributed by atoms with van der Waals surface area (Å²) in [5.41, 5.74) is 5.25. The van der Waals surface area contributed by atoms with Crippen LogP contribution in [0.5, 0.6) is 0 Å². The Morgan fingerprint density at radius 1 is 1.56 bits per heavy atom. The van der Waals surface area contributed by atoms with E-state index in [0.29, 0.717) is 17.5 Å². The summed E-state index contributed by atoms with van der Waals surface area (Å²) in [6.45, 7) is 0.573. The second-order valence-corrected chi connectivity index (χ2v) is 4.26. The zero-order valence-electron chi connectivity index (χ0n) is 5.51. The highest BCUT2D eigenvalue weighted by Crippen LogP contribution is 2.23. The third-order valence-electron chi connectivity index (χ3n) is 1.74. The van der Waals surface area contributed by atoms with E-state index in [0.717, 1.165) is 12.8 Å². The molecule has 0 spiro atoms. The fourth-order valence-electron chi connectivity index (χ4n) is 0.917. The molecule has 0 bridgehead atoms. The van der Waals surface area contributed by atoms with Crippen LogP contribution in [0.15, 0.2) is 0 Å². The highest BCUT2D eigenvalue weighted by molar-refractivity contribution is 7.85. The summed E-state index contributed by atoms with van der Waals surface area (Å²) in [5, 5.41) is 0.494. The largest absolute Gasteiger partial charge is 0.330 e. The second kappa shape index (κ2) is 3.32. The van der Waals surface area contributed by atoms with Crippen molar-refractivity contribution in [1.29, 1.82) is 0 Å². The quantitative estimate of drug-likeness (QED) is 0.621. The van der Waals surface area contributed by atoms with Crippen molar-refractivity contribution < 1.29 is 4.21 Å². The van der Waals surface area contributed by atoms with Gasteiger partial charge in [-0.05, 0) is 12.8 Å². The van der Waals surface area contributed by atoms with Gasteiger partial charge in [-0.2, -0.15) is 0 Å². The smallest absolute Gasteiger partial charge is 0.0360 e. The van der Waals surface area contributed by atoms with Gasteiger partial charge in [0.1, 0.15) is 0 Å². The Morgan fingerprint density at radius 2 is 2.22 bits per heavy atom. The topological polar surface area (TPSA) is 43.1 Å². The first kappa shape index (κ1) is 7.22. The maximum atomic E-state index is 11.1. The van der Waals surface area contributed by atoms with E-state index in [1.165, 1.54) is 6.42 Å². The van der Waals surface area contributed by atoms with Crippen molar-refractivity contribution in [3.05, 3.63) is 0 Å².